The molecule has 2 atom stereocenters. The van der Waals surface area contributed by atoms with E-state index in [1.165, 1.54) is 39.3 Å². The van der Waals surface area contributed by atoms with E-state index in [0.29, 0.717) is 22.2 Å². The molecule has 7 aromatic carbocycles. The Labute approximate surface area is 470 Å². The monoisotopic (exact) mass is 1100 g/mol. The number of amides is 2. The number of esters is 1. The lowest BCUT2D eigenvalue weighted by Crippen LogP contribution is -2.71. The highest BCUT2D eigenvalue weighted by Crippen LogP contribution is 2.44. The minimum absolute atomic E-state index is 0.0405. The number of carbonyl (C=O) groups is 3. The topological polar surface area (TPSA) is 144 Å². The highest BCUT2D eigenvalue weighted by molar-refractivity contribution is 8.00. The molecule has 0 bridgehead atoms. The fraction of sp³-hybridized carbons (Fsp3) is 0.125. The minimum Gasteiger partial charge on any atom is -0.497 e. The number of thiazole rings is 2. The molecule has 79 heavy (non-hydrogen) atoms. The first kappa shape index (κ1) is 52.2. The number of oxime groups is 1. The van der Waals surface area contributed by atoms with Crippen LogP contribution in [-0.2, 0) is 41.7 Å². The maximum atomic E-state index is 15.4. The van der Waals surface area contributed by atoms with E-state index in [2.05, 4.69) is 52.0 Å². The van der Waals surface area contributed by atoms with E-state index in [4.69, 9.17) is 24.5 Å². The first-order valence-corrected chi connectivity index (χ1v) is 28.3. The van der Waals surface area contributed by atoms with Gasteiger partial charge < -0.3 is 24.9 Å². The molecule has 4 heterocycles. The van der Waals surface area contributed by atoms with Crippen molar-refractivity contribution in [3.05, 3.63) is 290 Å². The van der Waals surface area contributed by atoms with E-state index in [1.54, 1.807) is 30.1 Å². The molecule has 2 aliphatic heterocycles. The zero-order valence-electron chi connectivity index (χ0n) is 43.0. The summed E-state index contributed by atoms with van der Waals surface area (Å²) in [5.74, 6) is -0.866. The average molecular weight is 1100 g/mol. The molecule has 0 saturated carbocycles. The molecule has 0 radical (unpaired) electrons. The Morgan fingerprint density at radius 3 is 1.71 bits per heavy atom. The number of thioether (sulfide) groups is 1. The molecule has 11 rings (SSSR count). The van der Waals surface area contributed by atoms with Crippen molar-refractivity contribution in [1.29, 1.82) is 0 Å². The summed E-state index contributed by atoms with van der Waals surface area (Å²) < 4.78 is 11.2. The quantitative estimate of drug-likeness (QED) is 0.0264. The van der Waals surface area contributed by atoms with Crippen molar-refractivity contribution >= 4 is 69.1 Å². The summed E-state index contributed by atoms with van der Waals surface area (Å²) in [5.41, 5.74) is 6.93. The van der Waals surface area contributed by atoms with Gasteiger partial charge >= 0.3 is 5.97 Å². The van der Waals surface area contributed by atoms with E-state index < -0.39 is 40.3 Å². The molecule has 9 aromatic rings. The minimum atomic E-state index is -1.37. The summed E-state index contributed by atoms with van der Waals surface area (Å²) in [4.78, 5) is 63.3. The fourth-order valence-electron chi connectivity index (χ4n) is 9.93. The van der Waals surface area contributed by atoms with Crippen molar-refractivity contribution in [3.63, 3.8) is 0 Å². The van der Waals surface area contributed by atoms with Gasteiger partial charge in [0.05, 0.1) is 18.3 Å². The van der Waals surface area contributed by atoms with Gasteiger partial charge in [-0.25, -0.2) is 14.8 Å². The van der Waals surface area contributed by atoms with E-state index in [1.807, 2.05) is 177 Å². The number of ether oxygens (including phenoxy) is 2. The second kappa shape index (κ2) is 23.4. The van der Waals surface area contributed by atoms with Crippen LogP contribution in [0.1, 0.15) is 55.2 Å². The van der Waals surface area contributed by atoms with Gasteiger partial charge in [-0.05, 0) is 53.0 Å². The summed E-state index contributed by atoms with van der Waals surface area (Å²) >= 11 is 4.21. The molecule has 1 saturated heterocycles. The molecule has 2 amide bonds. The largest absolute Gasteiger partial charge is 0.497 e. The maximum Gasteiger partial charge on any atom is 0.355 e. The molecule has 12 nitrogen and oxygen atoms in total. The standard InChI is InChI=1S/C64H52N6O6S3/c1-43-54(79-42-65-43)38-35-45-40-77-60-56(59(72)70(60)57(45)61(73)75-39-44-33-36-52(74-2)37-34-44)67-58(71)55(69-76-64(49-27-15-6-16-28-49,50-29-17-7-18-30-50)51-31-19-8-20-32-51)53-41-78-62(66-53)68-63(46-21-9-3-10-22-46,47-23-11-4-12-24-47)48-25-13-5-14-26-48/h3-38,41-42,56,60H,39-40H2,1-2H3,(H,66,68)(H,67,71)/t56?,60-/m1/s1. The predicted octanol–water partition coefficient (Wildman–Crippen LogP) is 12.1. The van der Waals surface area contributed by atoms with Gasteiger partial charge in [0.1, 0.15) is 40.7 Å². The molecule has 0 aliphatic carbocycles. The van der Waals surface area contributed by atoms with Crippen LogP contribution in [0, 0.1) is 6.92 Å². The van der Waals surface area contributed by atoms with Crippen LogP contribution in [0.3, 0.4) is 0 Å². The first-order chi connectivity index (χ1) is 38.8. The summed E-state index contributed by atoms with van der Waals surface area (Å²) in [6, 6.07) is 65.8. The van der Waals surface area contributed by atoms with E-state index >= 15 is 4.79 Å². The van der Waals surface area contributed by atoms with Gasteiger partial charge in [-0.1, -0.05) is 205 Å². The molecule has 2 N–H and O–H groups in total. The number of fused-ring (bicyclic) bond motifs is 1. The summed E-state index contributed by atoms with van der Waals surface area (Å²) in [6.07, 6.45) is 3.73. The summed E-state index contributed by atoms with van der Waals surface area (Å²) in [6.45, 7) is 1.87. The Kier molecular flexibility index (Phi) is 15.4. The van der Waals surface area contributed by atoms with Gasteiger partial charge in [-0.3, -0.25) is 14.5 Å². The van der Waals surface area contributed by atoms with Crippen LogP contribution in [0.2, 0.25) is 0 Å². The van der Waals surface area contributed by atoms with Gasteiger partial charge in [-0.15, -0.1) is 34.4 Å². The van der Waals surface area contributed by atoms with E-state index in [0.717, 1.165) is 49.5 Å². The zero-order valence-corrected chi connectivity index (χ0v) is 45.4. The normalized spacial score (nSPS) is 15.5. The SMILES string of the molecule is COc1ccc(COC(=O)C2=C(C=Cc3scnc3C)CS[C@@H]3C(NC(=O)C(=NOC(c4ccccc4)(c4ccccc4)c4ccccc4)c4csc(NC(c5ccccc5)(c5ccccc5)c5ccccc5)n4)C(=O)N23)cc1. The number of rotatable bonds is 19. The van der Waals surface area contributed by atoms with Crippen molar-refractivity contribution in [2.24, 2.45) is 5.16 Å². The van der Waals surface area contributed by atoms with Crippen LogP contribution in [0.25, 0.3) is 6.08 Å². The highest BCUT2D eigenvalue weighted by atomic mass is 32.2. The van der Waals surface area contributed by atoms with Crippen molar-refractivity contribution in [1.82, 2.24) is 20.2 Å². The predicted molar refractivity (Wildman–Crippen MR) is 312 cm³/mol. The van der Waals surface area contributed by atoms with Gasteiger partial charge in [-0.2, -0.15) is 0 Å². The van der Waals surface area contributed by atoms with Crippen LogP contribution in [0.15, 0.2) is 240 Å². The number of allylic oxidation sites excluding steroid dienone is 1. The van der Waals surface area contributed by atoms with E-state index in [-0.39, 0.29) is 23.7 Å². The second-order valence-electron chi connectivity index (χ2n) is 18.6. The van der Waals surface area contributed by atoms with Gasteiger partial charge in [0.25, 0.3) is 11.8 Å². The second-order valence-corrected chi connectivity index (χ2v) is 21.5. The molecular weight excluding hydrogens is 1040 g/mol. The Balaban J connectivity index is 0.982. The molecule has 2 aromatic heterocycles. The molecule has 2 aliphatic rings. The highest BCUT2D eigenvalue weighted by Gasteiger charge is 2.55. The average Bonchev–Trinajstić information content (AvgIpc) is 4.30. The number of benzene rings is 7. The lowest BCUT2D eigenvalue weighted by molar-refractivity contribution is -0.153. The number of anilines is 1. The Hall–Kier alpha value is -8.89. The number of hydrogen-bond donors (Lipinski definition) is 2. The number of β-lactam (4-membered cyclic amide) rings is 1. The number of methoxy groups -OCH3 is 1. The molecule has 1 fully saturated rings. The van der Waals surface area contributed by atoms with Crippen LogP contribution in [0.4, 0.5) is 5.13 Å². The van der Waals surface area contributed by atoms with Gasteiger partial charge in [0.2, 0.25) is 5.60 Å². The van der Waals surface area contributed by atoms with Crippen molar-refractivity contribution in [2.45, 2.75) is 36.1 Å². The number of aryl methyl sites for hydroxylation is 1. The van der Waals surface area contributed by atoms with Crippen molar-refractivity contribution in [3.8, 4) is 5.75 Å². The number of nitrogens with zero attached hydrogens (tertiary/aromatic N) is 4. The zero-order chi connectivity index (χ0) is 54.2. The van der Waals surface area contributed by atoms with Crippen LogP contribution >= 0.6 is 34.4 Å². The van der Waals surface area contributed by atoms with Gasteiger partial charge in [0.15, 0.2) is 10.8 Å². The molecule has 15 heteroatoms. The lowest BCUT2D eigenvalue weighted by Gasteiger charge is -2.49. The van der Waals surface area contributed by atoms with Crippen LogP contribution < -0.4 is 15.4 Å². The third kappa shape index (κ3) is 10.5. The third-order valence-electron chi connectivity index (χ3n) is 13.9. The van der Waals surface area contributed by atoms with Crippen LogP contribution in [0.5, 0.6) is 5.75 Å². The maximum absolute atomic E-state index is 15.4. The number of nitrogens with one attached hydrogen (secondary N) is 2. The Bertz CT molecular complexity index is 3480. The third-order valence-corrected chi connectivity index (χ3v) is 16.9. The first-order valence-electron chi connectivity index (χ1n) is 25.5. The smallest absolute Gasteiger partial charge is 0.355 e. The van der Waals surface area contributed by atoms with Crippen molar-refractivity contribution < 1.29 is 28.7 Å². The van der Waals surface area contributed by atoms with Gasteiger partial charge in [0, 0.05) is 32.7 Å². The molecule has 392 valence electrons. The number of carbonyl (C=O) groups excluding carboxylic acids is 3. The van der Waals surface area contributed by atoms with E-state index in [9.17, 15) is 9.59 Å². The molecule has 0 spiro atoms. The number of hydrogen-bond acceptors (Lipinski definition) is 13. The van der Waals surface area contributed by atoms with Crippen molar-refractivity contribution in [2.75, 3.05) is 18.2 Å². The summed E-state index contributed by atoms with van der Waals surface area (Å²) in [7, 11) is 1.58. The molecule has 1 unspecified atom stereocenters. The van der Waals surface area contributed by atoms with Crippen LogP contribution in [-0.4, -0.2) is 62.6 Å². The Morgan fingerprint density at radius 2 is 1.22 bits per heavy atom. The summed E-state index contributed by atoms with van der Waals surface area (Å²) in [5, 5.41) is 13.3. The Morgan fingerprint density at radius 1 is 0.696 bits per heavy atom. The molecular formula is C64H52N6O6S3. The fourth-order valence-corrected chi connectivity index (χ4v) is 12.7. The lowest BCUT2D eigenvalue weighted by atomic mass is 9.77. The number of aromatic nitrogens is 2.